The van der Waals surface area contributed by atoms with Gasteiger partial charge in [0.2, 0.25) is 0 Å². The number of benzene rings is 1. The molecule has 0 spiro atoms. The fraction of sp³-hybridized carbons (Fsp3) is 0.200. The first kappa shape index (κ1) is 9.92. The Labute approximate surface area is 91.4 Å². The molecule has 0 unspecified atom stereocenters. The van der Waals surface area contributed by atoms with Crippen molar-refractivity contribution in [2.75, 3.05) is 5.73 Å². The highest BCUT2D eigenvalue weighted by Crippen LogP contribution is 2.11. The van der Waals surface area contributed by atoms with Crippen molar-refractivity contribution in [3.8, 4) is 0 Å². The van der Waals surface area contributed by atoms with Crippen molar-refractivity contribution in [1.29, 1.82) is 0 Å². The average molecular weight is 221 g/mol. The number of aromatic nitrogens is 2. The Morgan fingerprint density at radius 3 is 2.93 bits per heavy atom. The van der Waals surface area contributed by atoms with Crippen LogP contribution in [-0.4, -0.2) is 9.55 Å². The Hall–Kier alpha value is -1.62. The van der Waals surface area contributed by atoms with E-state index in [4.69, 9.17) is 18.0 Å². The molecule has 0 aliphatic heterocycles. The first-order valence-corrected chi connectivity index (χ1v) is 5.06. The molecule has 0 aliphatic carbocycles. The van der Waals surface area contributed by atoms with Crippen molar-refractivity contribution in [2.45, 2.75) is 13.5 Å². The molecule has 5 heteroatoms. The van der Waals surface area contributed by atoms with Gasteiger partial charge in [0.25, 0.3) is 5.56 Å². The first-order chi connectivity index (χ1) is 7.13. The Balaban J connectivity index is 2.98. The summed E-state index contributed by atoms with van der Waals surface area (Å²) >= 11 is 5.08. The lowest BCUT2D eigenvalue weighted by atomic mass is 10.2. The van der Waals surface area contributed by atoms with Gasteiger partial charge in [0.15, 0.2) is 4.77 Å². The maximum absolute atomic E-state index is 11.9. The molecule has 0 aliphatic rings. The molecule has 2 aromatic rings. The van der Waals surface area contributed by atoms with Crippen LogP contribution >= 0.6 is 12.2 Å². The molecule has 0 atom stereocenters. The Morgan fingerprint density at radius 2 is 2.27 bits per heavy atom. The number of hydrogen-bond donors (Lipinski definition) is 2. The minimum Gasteiger partial charge on any atom is -0.399 e. The van der Waals surface area contributed by atoms with Crippen molar-refractivity contribution in [3.63, 3.8) is 0 Å². The Morgan fingerprint density at radius 1 is 1.53 bits per heavy atom. The number of nitrogens with two attached hydrogens (primary N) is 1. The summed E-state index contributed by atoms with van der Waals surface area (Å²) in [6.45, 7) is 2.45. The maximum atomic E-state index is 11.9. The van der Waals surface area contributed by atoms with E-state index in [2.05, 4.69) is 4.98 Å². The van der Waals surface area contributed by atoms with Crippen LogP contribution in [0.2, 0.25) is 0 Å². The van der Waals surface area contributed by atoms with E-state index >= 15 is 0 Å². The molecule has 4 nitrogen and oxygen atoms in total. The van der Waals surface area contributed by atoms with Gasteiger partial charge in [-0.1, -0.05) is 0 Å². The van der Waals surface area contributed by atoms with Gasteiger partial charge in [-0.2, -0.15) is 0 Å². The van der Waals surface area contributed by atoms with Gasteiger partial charge in [0, 0.05) is 12.2 Å². The van der Waals surface area contributed by atoms with Crippen molar-refractivity contribution < 1.29 is 0 Å². The zero-order valence-electron chi connectivity index (χ0n) is 8.28. The molecule has 15 heavy (non-hydrogen) atoms. The molecule has 2 rings (SSSR count). The van der Waals surface area contributed by atoms with E-state index in [1.807, 2.05) is 6.92 Å². The first-order valence-electron chi connectivity index (χ1n) is 4.66. The monoisotopic (exact) mass is 221 g/mol. The van der Waals surface area contributed by atoms with Crippen molar-refractivity contribution in [2.24, 2.45) is 0 Å². The van der Waals surface area contributed by atoms with E-state index in [0.29, 0.717) is 27.9 Å². The summed E-state index contributed by atoms with van der Waals surface area (Å²) in [6.07, 6.45) is 0. The summed E-state index contributed by atoms with van der Waals surface area (Å²) in [5.74, 6) is 0. The van der Waals surface area contributed by atoms with Gasteiger partial charge in [0.1, 0.15) is 0 Å². The lowest BCUT2D eigenvalue weighted by Crippen LogP contribution is -2.21. The Bertz CT molecular complexity index is 627. The fourth-order valence-electron chi connectivity index (χ4n) is 1.56. The molecule has 0 fully saturated rings. The van der Waals surface area contributed by atoms with Crippen LogP contribution in [0.25, 0.3) is 10.9 Å². The smallest absolute Gasteiger partial charge is 0.262 e. The van der Waals surface area contributed by atoms with Gasteiger partial charge in [-0.25, -0.2) is 0 Å². The minimum absolute atomic E-state index is 0.0729. The molecule has 1 aromatic carbocycles. The summed E-state index contributed by atoms with van der Waals surface area (Å²) in [5, 5.41) is 0.611. The second-order valence-corrected chi connectivity index (χ2v) is 3.67. The minimum atomic E-state index is -0.0729. The zero-order valence-corrected chi connectivity index (χ0v) is 9.10. The number of nitrogen functional groups attached to an aromatic ring is 1. The number of aromatic amines is 1. The number of hydrogen-bond acceptors (Lipinski definition) is 3. The lowest BCUT2D eigenvalue weighted by Gasteiger charge is -2.05. The highest BCUT2D eigenvalue weighted by molar-refractivity contribution is 7.71. The average Bonchev–Trinajstić information content (AvgIpc) is 2.17. The highest BCUT2D eigenvalue weighted by atomic mass is 32.1. The molecule has 0 radical (unpaired) electrons. The Kier molecular flexibility index (Phi) is 2.32. The van der Waals surface area contributed by atoms with E-state index in [1.54, 1.807) is 18.2 Å². The molecule has 0 amide bonds. The topological polar surface area (TPSA) is 63.8 Å². The van der Waals surface area contributed by atoms with Crippen molar-refractivity contribution >= 4 is 28.8 Å². The van der Waals surface area contributed by atoms with Crippen LogP contribution in [0, 0.1) is 4.77 Å². The zero-order chi connectivity index (χ0) is 11.0. The van der Waals surface area contributed by atoms with E-state index in [0.717, 1.165) is 0 Å². The van der Waals surface area contributed by atoms with Gasteiger partial charge < -0.3 is 10.7 Å². The molecule has 78 valence electrons. The molecule has 3 N–H and O–H groups in total. The van der Waals surface area contributed by atoms with Crippen molar-refractivity contribution in [1.82, 2.24) is 9.55 Å². The van der Waals surface area contributed by atoms with Crippen LogP contribution in [0.1, 0.15) is 6.92 Å². The van der Waals surface area contributed by atoms with Crippen molar-refractivity contribution in [3.05, 3.63) is 33.3 Å². The SMILES string of the molecule is CCn1c(=S)[nH]c2cc(N)ccc2c1=O. The second-order valence-electron chi connectivity index (χ2n) is 3.28. The third-order valence-corrected chi connectivity index (χ3v) is 2.64. The number of nitrogens with zero attached hydrogens (tertiary/aromatic N) is 1. The molecular formula is C10H11N3OS. The van der Waals surface area contributed by atoms with Gasteiger partial charge in [-0.3, -0.25) is 9.36 Å². The summed E-state index contributed by atoms with van der Waals surface area (Å²) in [5.41, 5.74) is 6.86. The van der Waals surface area contributed by atoms with Gasteiger partial charge >= 0.3 is 0 Å². The van der Waals surface area contributed by atoms with Gasteiger partial charge in [-0.05, 0) is 37.3 Å². The summed E-state index contributed by atoms with van der Waals surface area (Å²) in [6, 6.07) is 5.14. The van der Waals surface area contributed by atoms with Crippen LogP contribution in [-0.2, 0) is 6.54 Å². The number of rotatable bonds is 1. The molecular weight excluding hydrogens is 210 g/mol. The molecule has 1 aromatic heterocycles. The van der Waals surface area contributed by atoms with Crippen LogP contribution in [0.15, 0.2) is 23.0 Å². The number of nitrogens with one attached hydrogen (secondary N) is 1. The van der Waals surface area contributed by atoms with E-state index < -0.39 is 0 Å². The van der Waals surface area contributed by atoms with Crippen LogP contribution in [0.4, 0.5) is 5.69 Å². The van der Waals surface area contributed by atoms with Gasteiger partial charge in [-0.15, -0.1) is 0 Å². The molecule has 0 saturated heterocycles. The summed E-state index contributed by atoms with van der Waals surface area (Å²) < 4.78 is 1.95. The highest BCUT2D eigenvalue weighted by Gasteiger charge is 2.03. The van der Waals surface area contributed by atoms with Crippen LogP contribution in [0.5, 0.6) is 0 Å². The summed E-state index contributed by atoms with van der Waals surface area (Å²) in [4.78, 5) is 14.9. The fourth-order valence-corrected chi connectivity index (χ4v) is 1.88. The number of H-pyrrole nitrogens is 1. The predicted molar refractivity (Wildman–Crippen MR) is 63.5 cm³/mol. The standard InChI is InChI=1S/C10H11N3OS/c1-2-13-9(14)7-4-3-6(11)5-8(7)12-10(13)15/h3-5H,2,11H2,1H3,(H,12,15). The predicted octanol–water partition coefficient (Wildman–Crippen LogP) is 1.66. The maximum Gasteiger partial charge on any atom is 0.262 e. The largest absolute Gasteiger partial charge is 0.399 e. The van der Waals surface area contributed by atoms with E-state index in [-0.39, 0.29) is 5.56 Å². The second kappa shape index (κ2) is 3.51. The lowest BCUT2D eigenvalue weighted by molar-refractivity contribution is 0.705. The number of anilines is 1. The van der Waals surface area contributed by atoms with Gasteiger partial charge in [0.05, 0.1) is 10.9 Å². The molecule has 0 bridgehead atoms. The van der Waals surface area contributed by atoms with E-state index in [1.165, 1.54) is 4.57 Å². The molecule has 1 heterocycles. The third kappa shape index (κ3) is 1.55. The normalized spacial score (nSPS) is 10.7. The molecule has 0 saturated carbocycles. The number of fused-ring (bicyclic) bond motifs is 1. The summed E-state index contributed by atoms with van der Waals surface area (Å²) in [7, 11) is 0. The van der Waals surface area contributed by atoms with Crippen LogP contribution in [0.3, 0.4) is 0 Å². The third-order valence-electron chi connectivity index (χ3n) is 2.32. The quantitative estimate of drug-likeness (QED) is 0.568. The van der Waals surface area contributed by atoms with E-state index in [9.17, 15) is 4.79 Å². The van der Waals surface area contributed by atoms with Crippen LogP contribution < -0.4 is 11.3 Å².